The third-order valence-electron chi connectivity index (χ3n) is 7.11. The minimum Gasteiger partial charge on any atom is -0.323 e. The Hall–Kier alpha value is -2.50. The lowest BCUT2D eigenvalue weighted by atomic mass is 9.87. The van der Waals surface area contributed by atoms with Crippen LogP contribution in [0.4, 0.5) is 5.69 Å². The number of hydrogen-bond acceptors (Lipinski definition) is 2. The largest absolute Gasteiger partial charge is 0.323 e. The van der Waals surface area contributed by atoms with E-state index < -0.39 is 0 Å². The van der Waals surface area contributed by atoms with Crippen LogP contribution in [0.2, 0.25) is 0 Å². The first kappa shape index (κ1) is 18.5. The second-order valence-corrected chi connectivity index (χ2v) is 8.68. The van der Waals surface area contributed by atoms with Gasteiger partial charge in [0.2, 0.25) is 5.91 Å². The van der Waals surface area contributed by atoms with E-state index in [1.54, 1.807) is 4.90 Å². The Balaban J connectivity index is 1.21. The summed E-state index contributed by atoms with van der Waals surface area (Å²) in [5, 5.41) is 0. The van der Waals surface area contributed by atoms with Crippen molar-refractivity contribution in [3.63, 3.8) is 0 Å². The minimum atomic E-state index is -0.212. The lowest BCUT2D eigenvalue weighted by molar-refractivity contribution is -1.03. The predicted molar refractivity (Wildman–Crippen MR) is 111 cm³/mol. The van der Waals surface area contributed by atoms with Crippen LogP contribution in [-0.2, 0) is 22.4 Å². The molecule has 0 radical (unpaired) electrons. The van der Waals surface area contributed by atoms with Crippen LogP contribution in [-0.4, -0.2) is 50.1 Å². The number of piperazine rings is 1. The molecule has 2 aromatic rings. The zero-order valence-corrected chi connectivity index (χ0v) is 16.8. The van der Waals surface area contributed by atoms with Crippen molar-refractivity contribution in [1.29, 1.82) is 0 Å². The number of amides is 2. The highest BCUT2D eigenvalue weighted by molar-refractivity contribution is 6.21. The van der Waals surface area contributed by atoms with Gasteiger partial charge in [-0.1, -0.05) is 42.5 Å². The maximum atomic E-state index is 13.0. The number of quaternary nitrogens is 2. The Bertz CT molecular complexity index is 905. The molecule has 2 heterocycles. The van der Waals surface area contributed by atoms with Gasteiger partial charge in [0.15, 0.2) is 6.04 Å². The summed E-state index contributed by atoms with van der Waals surface area (Å²) in [5.41, 5.74) is 3.74. The van der Waals surface area contributed by atoms with Gasteiger partial charge < -0.3 is 9.80 Å². The van der Waals surface area contributed by atoms with E-state index in [9.17, 15) is 9.59 Å². The fourth-order valence-electron chi connectivity index (χ4n) is 5.49. The number of anilines is 1. The Morgan fingerprint density at radius 1 is 0.759 bits per heavy atom. The highest BCUT2D eigenvalue weighted by Gasteiger charge is 2.47. The van der Waals surface area contributed by atoms with Crippen LogP contribution < -0.4 is 14.7 Å². The van der Waals surface area contributed by atoms with Gasteiger partial charge in [-0.25, -0.2) is 4.90 Å². The van der Waals surface area contributed by atoms with Crippen molar-refractivity contribution in [2.24, 2.45) is 0 Å². The number of nitrogens with one attached hydrogen (secondary N) is 2. The summed E-state index contributed by atoms with van der Waals surface area (Å²) in [4.78, 5) is 29.9. The van der Waals surface area contributed by atoms with E-state index in [2.05, 4.69) is 24.3 Å². The van der Waals surface area contributed by atoms with Crippen molar-refractivity contribution < 1.29 is 19.4 Å². The first-order valence-electron chi connectivity index (χ1n) is 10.9. The normalized spacial score (nSPS) is 29.7. The van der Waals surface area contributed by atoms with Crippen molar-refractivity contribution in [2.45, 2.75) is 37.8 Å². The average molecular weight is 392 g/mol. The van der Waals surface area contributed by atoms with Crippen LogP contribution in [0.3, 0.4) is 0 Å². The van der Waals surface area contributed by atoms with E-state index in [4.69, 9.17) is 0 Å². The molecular weight excluding hydrogens is 362 g/mol. The standard InChI is InChI=1S/C24H27N3O2/c28-23-17-22(24(29)27(23)20-8-2-1-3-9-20)26-14-12-25(13-15-26)21-11-10-18-6-4-5-7-19(18)16-21/h1-9,21-22H,10-17H2/p+2/t21-,22-/m0/s1. The Kier molecular flexibility index (Phi) is 4.94. The van der Waals surface area contributed by atoms with Crippen LogP contribution >= 0.6 is 0 Å². The molecule has 5 heteroatoms. The molecule has 0 bridgehead atoms. The van der Waals surface area contributed by atoms with E-state index in [-0.39, 0.29) is 17.9 Å². The lowest BCUT2D eigenvalue weighted by Gasteiger charge is -2.37. The highest BCUT2D eigenvalue weighted by atomic mass is 16.2. The van der Waals surface area contributed by atoms with E-state index in [1.807, 2.05) is 30.3 Å². The number of aryl methyl sites for hydroxylation is 1. The Labute approximate surface area is 171 Å². The van der Waals surface area contributed by atoms with Crippen molar-refractivity contribution in [2.75, 3.05) is 31.1 Å². The van der Waals surface area contributed by atoms with Gasteiger partial charge in [-0.05, 0) is 29.7 Å². The molecule has 5 nitrogen and oxygen atoms in total. The molecule has 0 aromatic heterocycles. The van der Waals surface area contributed by atoms with Gasteiger partial charge in [-0.2, -0.15) is 0 Å². The number of nitrogens with zero attached hydrogens (tertiary/aromatic N) is 1. The van der Waals surface area contributed by atoms with Gasteiger partial charge in [0.1, 0.15) is 26.2 Å². The van der Waals surface area contributed by atoms with Gasteiger partial charge in [0, 0.05) is 12.8 Å². The first-order valence-corrected chi connectivity index (χ1v) is 10.9. The molecule has 2 atom stereocenters. The van der Waals surface area contributed by atoms with Crippen LogP contribution in [0.25, 0.3) is 0 Å². The van der Waals surface area contributed by atoms with Gasteiger partial charge in [0.25, 0.3) is 5.91 Å². The number of rotatable bonds is 3. The fourth-order valence-corrected chi connectivity index (χ4v) is 5.49. The third-order valence-corrected chi connectivity index (χ3v) is 7.11. The summed E-state index contributed by atoms with van der Waals surface area (Å²) in [7, 11) is 0. The van der Waals surface area contributed by atoms with Crippen molar-refractivity contribution in [3.05, 3.63) is 65.7 Å². The lowest BCUT2D eigenvalue weighted by Crippen LogP contribution is -3.31. The van der Waals surface area contributed by atoms with E-state index in [1.165, 1.54) is 40.2 Å². The molecule has 3 aliphatic rings. The molecule has 2 saturated heterocycles. The minimum absolute atomic E-state index is 0.0220. The summed E-state index contributed by atoms with van der Waals surface area (Å²) in [6.07, 6.45) is 3.95. The second-order valence-electron chi connectivity index (χ2n) is 8.68. The zero-order chi connectivity index (χ0) is 19.8. The summed E-state index contributed by atoms with van der Waals surface area (Å²) in [6, 6.07) is 18.7. The zero-order valence-electron chi connectivity index (χ0n) is 16.8. The Morgan fingerprint density at radius 3 is 2.17 bits per heavy atom. The van der Waals surface area contributed by atoms with Gasteiger partial charge in [-0.3, -0.25) is 9.59 Å². The van der Waals surface area contributed by atoms with Crippen LogP contribution in [0.5, 0.6) is 0 Å². The molecular formula is C24H29N3O2+2. The Morgan fingerprint density at radius 2 is 1.41 bits per heavy atom. The number of para-hydroxylation sites is 1. The van der Waals surface area contributed by atoms with E-state index in [0.717, 1.165) is 26.2 Å². The number of carbonyl (C=O) groups excluding carboxylic acids is 2. The maximum Gasteiger partial charge on any atom is 0.292 e. The third kappa shape index (κ3) is 3.49. The van der Waals surface area contributed by atoms with Crippen molar-refractivity contribution >= 4 is 17.5 Å². The monoisotopic (exact) mass is 391 g/mol. The molecule has 2 fully saturated rings. The molecule has 2 aromatic carbocycles. The smallest absolute Gasteiger partial charge is 0.292 e. The van der Waals surface area contributed by atoms with Crippen LogP contribution in [0.15, 0.2) is 54.6 Å². The topological polar surface area (TPSA) is 46.3 Å². The summed E-state index contributed by atoms with van der Waals surface area (Å²) in [6.45, 7) is 4.12. The fraction of sp³-hybridized carbons (Fsp3) is 0.417. The number of hydrogen-bond donors (Lipinski definition) is 2. The maximum absolute atomic E-state index is 13.0. The molecule has 2 aliphatic heterocycles. The van der Waals surface area contributed by atoms with E-state index in [0.29, 0.717) is 18.2 Å². The molecule has 29 heavy (non-hydrogen) atoms. The predicted octanol–water partition coefficient (Wildman–Crippen LogP) is -0.341. The van der Waals surface area contributed by atoms with Crippen molar-refractivity contribution in [3.8, 4) is 0 Å². The highest BCUT2D eigenvalue weighted by Crippen LogP contribution is 2.22. The summed E-state index contributed by atoms with van der Waals surface area (Å²) >= 11 is 0. The van der Waals surface area contributed by atoms with E-state index >= 15 is 0 Å². The molecule has 0 spiro atoms. The molecule has 150 valence electrons. The number of benzene rings is 2. The van der Waals surface area contributed by atoms with Gasteiger partial charge in [0.05, 0.1) is 18.2 Å². The van der Waals surface area contributed by atoms with Gasteiger partial charge >= 0.3 is 0 Å². The quantitative estimate of drug-likeness (QED) is 0.704. The molecule has 2 N–H and O–H groups in total. The summed E-state index contributed by atoms with van der Waals surface area (Å²) in [5.74, 6) is -0.0800. The molecule has 0 unspecified atom stereocenters. The first-order chi connectivity index (χ1) is 14.2. The van der Waals surface area contributed by atoms with Crippen LogP contribution in [0, 0.1) is 0 Å². The molecule has 5 rings (SSSR count). The molecule has 1 aliphatic carbocycles. The number of carbonyl (C=O) groups is 2. The molecule has 2 amide bonds. The molecule has 0 saturated carbocycles. The number of imide groups is 1. The van der Waals surface area contributed by atoms with Crippen LogP contribution in [0.1, 0.15) is 24.0 Å². The number of fused-ring (bicyclic) bond motifs is 1. The summed E-state index contributed by atoms with van der Waals surface area (Å²) < 4.78 is 0. The average Bonchev–Trinajstić information content (AvgIpc) is 3.08. The van der Waals surface area contributed by atoms with Gasteiger partial charge in [-0.15, -0.1) is 0 Å². The van der Waals surface area contributed by atoms with Crippen molar-refractivity contribution in [1.82, 2.24) is 0 Å². The second kappa shape index (κ2) is 7.73. The SMILES string of the molecule is O=C1C[C@H]([NH+]2CC[NH+]([C@H]3CCc4ccccc4C3)CC2)C(=O)N1c1ccccc1.